The maximum atomic E-state index is 12.6. The molecule has 0 spiro atoms. The van der Waals surface area contributed by atoms with Gasteiger partial charge in [0.1, 0.15) is 5.75 Å². The Balaban J connectivity index is 1.61. The number of ether oxygens (including phenoxy) is 1. The summed E-state index contributed by atoms with van der Waals surface area (Å²) < 4.78 is 5.87. The molecule has 1 N–H and O–H groups in total. The zero-order valence-electron chi connectivity index (χ0n) is 16.0. The molecule has 3 rings (SSSR count). The summed E-state index contributed by atoms with van der Waals surface area (Å²) in [4.78, 5) is 15.0. The van der Waals surface area contributed by atoms with Gasteiger partial charge in [0, 0.05) is 29.5 Å². The van der Waals surface area contributed by atoms with Crippen LogP contribution in [0.15, 0.2) is 42.5 Å². The highest BCUT2D eigenvalue weighted by molar-refractivity contribution is 6.31. The van der Waals surface area contributed by atoms with Gasteiger partial charge in [-0.2, -0.15) is 0 Å². The number of rotatable bonds is 6. The predicted octanol–water partition coefficient (Wildman–Crippen LogP) is 5.43. The number of nitrogens with zero attached hydrogens (tertiary/aromatic N) is 1. The second-order valence-corrected chi connectivity index (χ2v) is 7.42. The Morgan fingerprint density at radius 3 is 2.48 bits per heavy atom. The Hall–Kier alpha value is -2.20. The number of amides is 1. The maximum absolute atomic E-state index is 12.6. The van der Waals surface area contributed by atoms with Crippen LogP contribution in [0.5, 0.6) is 5.75 Å². The van der Waals surface area contributed by atoms with Gasteiger partial charge in [-0.1, -0.05) is 18.5 Å². The molecule has 0 bridgehead atoms. The summed E-state index contributed by atoms with van der Waals surface area (Å²) in [5, 5.41) is 3.65. The van der Waals surface area contributed by atoms with Crippen LogP contribution in [-0.4, -0.2) is 25.1 Å². The first kappa shape index (κ1) is 19.6. The van der Waals surface area contributed by atoms with E-state index in [-0.39, 0.29) is 5.91 Å². The van der Waals surface area contributed by atoms with E-state index in [1.54, 1.807) is 12.1 Å². The Kier molecular flexibility index (Phi) is 6.62. The van der Waals surface area contributed by atoms with Crippen molar-refractivity contribution in [3.63, 3.8) is 0 Å². The molecule has 1 aliphatic heterocycles. The Morgan fingerprint density at radius 1 is 1.15 bits per heavy atom. The van der Waals surface area contributed by atoms with E-state index in [1.165, 1.54) is 24.9 Å². The van der Waals surface area contributed by atoms with Crippen LogP contribution in [0.2, 0.25) is 5.02 Å². The fraction of sp³-hybridized carbons (Fsp3) is 0.409. The van der Waals surface area contributed by atoms with Crippen LogP contribution in [-0.2, 0) is 4.79 Å². The van der Waals surface area contributed by atoms with E-state index in [4.69, 9.17) is 16.3 Å². The summed E-state index contributed by atoms with van der Waals surface area (Å²) >= 11 is 6.05. The van der Waals surface area contributed by atoms with Crippen LogP contribution in [0.1, 0.15) is 38.2 Å². The Bertz CT molecular complexity index is 770. The Labute approximate surface area is 166 Å². The quantitative estimate of drug-likeness (QED) is 0.719. The molecule has 27 heavy (non-hydrogen) atoms. The van der Waals surface area contributed by atoms with E-state index in [0.29, 0.717) is 17.2 Å². The number of carbonyl (C=O) groups is 1. The van der Waals surface area contributed by atoms with Crippen LogP contribution in [0.3, 0.4) is 0 Å². The molecular formula is C22H27ClN2O2. The van der Waals surface area contributed by atoms with E-state index in [1.807, 2.05) is 32.0 Å². The van der Waals surface area contributed by atoms with Crippen LogP contribution in [0.25, 0.3) is 0 Å². The number of nitrogens with one attached hydrogen (secondary N) is 1. The molecule has 5 heteroatoms. The van der Waals surface area contributed by atoms with Gasteiger partial charge in [0.15, 0.2) is 6.10 Å². The second-order valence-electron chi connectivity index (χ2n) is 7.01. The van der Waals surface area contributed by atoms with E-state index in [9.17, 15) is 4.79 Å². The van der Waals surface area contributed by atoms with Crippen molar-refractivity contribution in [2.45, 2.75) is 45.6 Å². The molecule has 4 nitrogen and oxygen atoms in total. The molecule has 0 aliphatic carbocycles. The molecule has 0 saturated carbocycles. The van der Waals surface area contributed by atoms with Crippen LogP contribution >= 0.6 is 11.6 Å². The van der Waals surface area contributed by atoms with E-state index in [2.05, 4.69) is 22.3 Å². The molecule has 1 aliphatic rings. The first-order valence-electron chi connectivity index (χ1n) is 9.65. The molecule has 0 aromatic heterocycles. The highest BCUT2D eigenvalue weighted by Gasteiger charge is 2.19. The lowest BCUT2D eigenvalue weighted by Gasteiger charge is -2.29. The first-order chi connectivity index (χ1) is 13.1. The molecule has 1 saturated heterocycles. The van der Waals surface area contributed by atoms with E-state index < -0.39 is 6.10 Å². The molecule has 1 amide bonds. The van der Waals surface area contributed by atoms with Gasteiger partial charge in [-0.05, 0) is 80.6 Å². The summed E-state index contributed by atoms with van der Waals surface area (Å²) in [7, 11) is 0. The van der Waals surface area contributed by atoms with Crippen molar-refractivity contribution in [2.75, 3.05) is 23.3 Å². The number of halogens is 1. The normalized spacial score (nSPS) is 15.3. The van der Waals surface area contributed by atoms with Crippen molar-refractivity contribution in [2.24, 2.45) is 0 Å². The number of anilines is 2. The van der Waals surface area contributed by atoms with Crippen molar-refractivity contribution in [3.8, 4) is 5.75 Å². The van der Waals surface area contributed by atoms with Crippen LogP contribution in [0.4, 0.5) is 11.4 Å². The highest BCUT2D eigenvalue weighted by atomic mass is 35.5. The molecule has 2 aromatic rings. The monoisotopic (exact) mass is 386 g/mol. The molecule has 1 unspecified atom stereocenters. The number of hydrogen-bond donors (Lipinski definition) is 1. The SMILES string of the molecule is CCC(Oc1ccc(Cl)c(C)c1)C(=O)Nc1ccc(N2CCCCC2)cc1. The number of benzene rings is 2. The summed E-state index contributed by atoms with van der Waals surface area (Å²) in [6.07, 6.45) is 3.85. The third-order valence-electron chi connectivity index (χ3n) is 4.93. The molecular weight excluding hydrogens is 360 g/mol. The van der Waals surface area contributed by atoms with E-state index in [0.717, 1.165) is 24.3 Å². The van der Waals surface area contributed by atoms with Gasteiger partial charge in [-0.15, -0.1) is 0 Å². The van der Waals surface area contributed by atoms with Gasteiger partial charge >= 0.3 is 0 Å². The average molecular weight is 387 g/mol. The zero-order chi connectivity index (χ0) is 19.2. The van der Waals surface area contributed by atoms with Crippen molar-refractivity contribution < 1.29 is 9.53 Å². The van der Waals surface area contributed by atoms with E-state index >= 15 is 0 Å². The number of aryl methyl sites for hydroxylation is 1. The minimum atomic E-state index is -0.549. The molecule has 1 fully saturated rings. The second kappa shape index (κ2) is 9.14. The molecule has 2 aromatic carbocycles. The van der Waals surface area contributed by atoms with Gasteiger partial charge in [0.2, 0.25) is 0 Å². The van der Waals surface area contributed by atoms with Gasteiger partial charge in [-0.3, -0.25) is 4.79 Å². The zero-order valence-corrected chi connectivity index (χ0v) is 16.8. The summed E-state index contributed by atoms with van der Waals surface area (Å²) in [5.74, 6) is 0.509. The third-order valence-corrected chi connectivity index (χ3v) is 5.35. The number of hydrogen-bond acceptors (Lipinski definition) is 3. The summed E-state index contributed by atoms with van der Waals surface area (Å²) in [6, 6.07) is 13.5. The smallest absolute Gasteiger partial charge is 0.265 e. The first-order valence-corrected chi connectivity index (χ1v) is 10.0. The van der Waals surface area contributed by atoms with Gasteiger partial charge in [-0.25, -0.2) is 0 Å². The van der Waals surface area contributed by atoms with Crippen molar-refractivity contribution >= 4 is 28.9 Å². The summed E-state index contributed by atoms with van der Waals surface area (Å²) in [5.41, 5.74) is 2.93. The molecule has 0 radical (unpaired) electrons. The number of carbonyl (C=O) groups excluding carboxylic acids is 1. The Morgan fingerprint density at radius 2 is 1.85 bits per heavy atom. The largest absolute Gasteiger partial charge is 0.481 e. The molecule has 1 heterocycles. The van der Waals surface area contributed by atoms with Crippen molar-refractivity contribution in [3.05, 3.63) is 53.1 Å². The van der Waals surface area contributed by atoms with Crippen LogP contribution < -0.4 is 15.0 Å². The molecule has 144 valence electrons. The number of piperidine rings is 1. The van der Waals surface area contributed by atoms with Gasteiger partial charge < -0.3 is 15.0 Å². The standard InChI is InChI=1S/C22H27ClN2O2/c1-3-21(27-19-11-12-20(23)16(2)15-19)22(26)24-17-7-9-18(10-8-17)25-13-5-4-6-14-25/h7-12,15,21H,3-6,13-14H2,1-2H3,(H,24,26). The minimum Gasteiger partial charge on any atom is -0.481 e. The average Bonchev–Trinajstić information content (AvgIpc) is 2.70. The predicted molar refractivity (Wildman–Crippen MR) is 112 cm³/mol. The van der Waals surface area contributed by atoms with Crippen molar-refractivity contribution in [1.29, 1.82) is 0 Å². The summed E-state index contributed by atoms with van der Waals surface area (Å²) in [6.45, 7) is 6.07. The lowest BCUT2D eigenvalue weighted by Crippen LogP contribution is -2.32. The highest BCUT2D eigenvalue weighted by Crippen LogP contribution is 2.24. The molecule has 1 atom stereocenters. The van der Waals surface area contributed by atoms with Gasteiger partial charge in [0.05, 0.1) is 0 Å². The fourth-order valence-corrected chi connectivity index (χ4v) is 3.42. The lowest BCUT2D eigenvalue weighted by molar-refractivity contribution is -0.122. The third kappa shape index (κ3) is 5.16. The van der Waals surface area contributed by atoms with Crippen molar-refractivity contribution in [1.82, 2.24) is 0 Å². The minimum absolute atomic E-state index is 0.143. The topological polar surface area (TPSA) is 41.6 Å². The fourth-order valence-electron chi connectivity index (χ4n) is 3.31. The maximum Gasteiger partial charge on any atom is 0.265 e. The van der Waals surface area contributed by atoms with Gasteiger partial charge in [0.25, 0.3) is 5.91 Å². The lowest BCUT2D eigenvalue weighted by atomic mass is 10.1. The van der Waals surface area contributed by atoms with Crippen LogP contribution in [0, 0.1) is 6.92 Å².